The van der Waals surface area contributed by atoms with Crippen molar-refractivity contribution in [3.05, 3.63) is 0 Å². The molecule has 3 fully saturated rings. The van der Waals surface area contributed by atoms with E-state index in [4.69, 9.17) is 0 Å². The highest BCUT2D eigenvalue weighted by Gasteiger charge is 2.44. The Morgan fingerprint density at radius 1 is 1.00 bits per heavy atom. The summed E-state index contributed by atoms with van der Waals surface area (Å²) in [6.45, 7) is 5.34. The van der Waals surface area contributed by atoms with Crippen LogP contribution in [0.5, 0.6) is 0 Å². The van der Waals surface area contributed by atoms with Crippen LogP contribution in [0.2, 0.25) is 0 Å². The van der Waals surface area contributed by atoms with Crippen LogP contribution in [0.3, 0.4) is 0 Å². The molecule has 0 aromatic carbocycles. The molecular weight excluding hydrogens is 148 g/mol. The fraction of sp³-hybridized carbons (Fsp3) is 1.00. The number of nitrogens with zero attached hydrogens (tertiary/aromatic N) is 1. The highest BCUT2D eigenvalue weighted by Crippen LogP contribution is 2.39. The number of rotatable bonds is 1. The lowest BCUT2D eigenvalue weighted by atomic mass is 9.89. The summed E-state index contributed by atoms with van der Waals surface area (Å²) < 4.78 is 0. The van der Waals surface area contributed by atoms with Gasteiger partial charge in [-0.1, -0.05) is 0 Å². The molecule has 1 N–H and O–H groups in total. The van der Waals surface area contributed by atoms with Crippen LogP contribution in [0.4, 0.5) is 0 Å². The monoisotopic (exact) mass is 166 g/mol. The fourth-order valence-electron chi connectivity index (χ4n) is 3.51. The lowest BCUT2D eigenvalue weighted by Crippen LogP contribution is -2.34. The third-order valence-corrected chi connectivity index (χ3v) is 4.06. The quantitative estimate of drug-likeness (QED) is 0.616. The average molecular weight is 166 g/mol. The van der Waals surface area contributed by atoms with E-state index in [2.05, 4.69) is 10.2 Å². The second kappa shape index (κ2) is 2.71. The summed E-state index contributed by atoms with van der Waals surface area (Å²) in [5.74, 6) is 2.05. The summed E-state index contributed by atoms with van der Waals surface area (Å²) in [7, 11) is 0. The van der Waals surface area contributed by atoms with Crippen molar-refractivity contribution in [1.29, 1.82) is 0 Å². The van der Waals surface area contributed by atoms with E-state index < -0.39 is 0 Å². The lowest BCUT2D eigenvalue weighted by Gasteiger charge is -2.24. The molecule has 2 bridgehead atoms. The predicted octanol–water partition coefficient (Wildman–Crippen LogP) is 0.690. The highest BCUT2D eigenvalue weighted by molar-refractivity contribution is 4.98. The Balaban J connectivity index is 1.75. The van der Waals surface area contributed by atoms with Crippen LogP contribution in [-0.4, -0.2) is 37.1 Å². The lowest BCUT2D eigenvalue weighted by molar-refractivity contribution is 0.234. The van der Waals surface area contributed by atoms with Gasteiger partial charge in [-0.15, -0.1) is 0 Å². The zero-order valence-electron chi connectivity index (χ0n) is 7.63. The smallest absolute Gasteiger partial charge is 0.0165 e. The molecule has 0 radical (unpaired) electrons. The van der Waals surface area contributed by atoms with Gasteiger partial charge in [0.25, 0.3) is 0 Å². The van der Waals surface area contributed by atoms with Crippen molar-refractivity contribution in [1.82, 2.24) is 10.2 Å². The standard InChI is InChI=1S/C10H18N2/c1-4-11-7-9(1)10-8-2-5-12(10)6-3-8/h8-11H,1-7H2. The van der Waals surface area contributed by atoms with Gasteiger partial charge in [0.2, 0.25) is 0 Å². The van der Waals surface area contributed by atoms with E-state index in [0.717, 1.165) is 17.9 Å². The zero-order valence-corrected chi connectivity index (χ0v) is 7.63. The van der Waals surface area contributed by atoms with E-state index in [0.29, 0.717) is 0 Å². The predicted molar refractivity (Wildman–Crippen MR) is 49.1 cm³/mol. The molecule has 3 saturated heterocycles. The maximum absolute atomic E-state index is 3.49. The molecule has 0 amide bonds. The Morgan fingerprint density at radius 3 is 2.33 bits per heavy atom. The molecule has 12 heavy (non-hydrogen) atoms. The highest BCUT2D eigenvalue weighted by atomic mass is 15.2. The first-order valence-electron chi connectivity index (χ1n) is 5.40. The molecule has 3 aliphatic rings. The third kappa shape index (κ3) is 0.944. The van der Waals surface area contributed by atoms with Gasteiger partial charge in [0.05, 0.1) is 0 Å². The van der Waals surface area contributed by atoms with Gasteiger partial charge >= 0.3 is 0 Å². The molecule has 0 aliphatic carbocycles. The topological polar surface area (TPSA) is 15.3 Å². The van der Waals surface area contributed by atoms with E-state index in [1.165, 1.54) is 45.4 Å². The normalized spacial score (nSPS) is 52.0. The second-order valence-corrected chi connectivity index (χ2v) is 4.62. The fourth-order valence-corrected chi connectivity index (χ4v) is 3.51. The maximum Gasteiger partial charge on any atom is 0.0165 e. The van der Waals surface area contributed by atoms with Gasteiger partial charge in [0, 0.05) is 6.04 Å². The molecule has 0 saturated carbocycles. The van der Waals surface area contributed by atoms with E-state index in [1.807, 2.05) is 0 Å². The van der Waals surface area contributed by atoms with Gasteiger partial charge in [0.15, 0.2) is 0 Å². The SMILES string of the molecule is C1CC(C2C3CCN2CC3)CN1. The number of hydrogen-bond donors (Lipinski definition) is 1. The van der Waals surface area contributed by atoms with Crippen molar-refractivity contribution in [3.8, 4) is 0 Å². The molecular formula is C10H18N2. The summed E-state index contributed by atoms with van der Waals surface area (Å²) in [5, 5.41) is 3.49. The molecule has 0 aromatic heterocycles. The molecule has 68 valence electrons. The van der Waals surface area contributed by atoms with Gasteiger partial charge in [-0.2, -0.15) is 0 Å². The molecule has 3 aliphatic heterocycles. The van der Waals surface area contributed by atoms with Gasteiger partial charge in [-0.25, -0.2) is 0 Å². The summed E-state index contributed by atoms with van der Waals surface area (Å²) >= 11 is 0. The minimum Gasteiger partial charge on any atom is -0.316 e. The molecule has 0 aromatic rings. The Bertz CT molecular complexity index is 155. The van der Waals surface area contributed by atoms with Crippen LogP contribution in [0.25, 0.3) is 0 Å². The molecule has 2 nitrogen and oxygen atoms in total. The van der Waals surface area contributed by atoms with Gasteiger partial charge in [-0.05, 0) is 57.3 Å². The first-order valence-corrected chi connectivity index (χ1v) is 5.40. The summed E-state index contributed by atoms with van der Waals surface area (Å²) in [4.78, 5) is 2.74. The first-order chi connectivity index (χ1) is 5.95. The summed E-state index contributed by atoms with van der Waals surface area (Å²) in [6.07, 6.45) is 4.40. The average Bonchev–Trinajstić information content (AvgIpc) is 2.78. The Kier molecular flexibility index (Phi) is 1.66. The Hall–Kier alpha value is -0.0800. The third-order valence-electron chi connectivity index (χ3n) is 4.06. The molecule has 3 heterocycles. The minimum atomic E-state index is 0.972. The van der Waals surface area contributed by atoms with Crippen LogP contribution >= 0.6 is 0 Å². The van der Waals surface area contributed by atoms with Gasteiger partial charge in [0.1, 0.15) is 0 Å². The van der Waals surface area contributed by atoms with Crippen LogP contribution in [-0.2, 0) is 0 Å². The molecule has 2 heteroatoms. The molecule has 2 unspecified atom stereocenters. The molecule has 3 rings (SSSR count). The van der Waals surface area contributed by atoms with E-state index >= 15 is 0 Å². The van der Waals surface area contributed by atoms with E-state index in [1.54, 1.807) is 0 Å². The van der Waals surface area contributed by atoms with Crippen LogP contribution in [0.15, 0.2) is 0 Å². The minimum absolute atomic E-state index is 0.972. The van der Waals surface area contributed by atoms with Crippen molar-refractivity contribution in [2.45, 2.75) is 25.3 Å². The molecule has 2 atom stereocenters. The van der Waals surface area contributed by atoms with Crippen molar-refractivity contribution < 1.29 is 0 Å². The summed E-state index contributed by atoms with van der Waals surface area (Å²) in [5.41, 5.74) is 0. The van der Waals surface area contributed by atoms with Crippen molar-refractivity contribution in [2.75, 3.05) is 26.2 Å². The van der Waals surface area contributed by atoms with Crippen molar-refractivity contribution in [2.24, 2.45) is 11.8 Å². The second-order valence-electron chi connectivity index (χ2n) is 4.62. The number of piperidine rings is 1. The van der Waals surface area contributed by atoms with Crippen LogP contribution in [0, 0.1) is 11.8 Å². The Labute approximate surface area is 74.3 Å². The summed E-state index contributed by atoms with van der Waals surface area (Å²) in [6, 6.07) is 0.972. The number of nitrogens with one attached hydrogen (secondary N) is 1. The first kappa shape index (κ1) is 7.34. The number of fused-ring (bicyclic) bond motifs is 2. The maximum atomic E-state index is 3.49. The molecule has 0 spiro atoms. The van der Waals surface area contributed by atoms with Crippen LogP contribution < -0.4 is 5.32 Å². The van der Waals surface area contributed by atoms with E-state index in [-0.39, 0.29) is 0 Å². The van der Waals surface area contributed by atoms with Gasteiger partial charge in [-0.3, -0.25) is 4.90 Å². The van der Waals surface area contributed by atoms with Crippen LogP contribution in [0.1, 0.15) is 19.3 Å². The van der Waals surface area contributed by atoms with Gasteiger partial charge < -0.3 is 5.32 Å². The van der Waals surface area contributed by atoms with Crippen molar-refractivity contribution >= 4 is 0 Å². The number of hydrogen-bond acceptors (Lipinski definition) is 2. The van der Waals surface area contributed by atoms with Crippen molar-refractivity contribution in [3.63, 3.8) is 0 Å². The zero-order chi connectivity index (χ0) is 7.97. The largest absolute Gasteiger partial charge is 0.316 e. The Morgan fingerprint density at radius 2 is 1.83 bits per heavy atom. The van der Waals surface area contributed by atoms with E-state index in [9.17, 15) is 0 Å².